The second-order valence-corrected chi connectivity index (χ2v) is 1.88. The summed E-state index contributed by atoms with van der Waals surface area (Å²) in [4.78, 5) is 0. The lowest BCUT2D eigenvalue weighted by molar-refractivity contribution is 0.815. The Balaban J connectivity index is 3.14. The third kappa shape index (κ3) is 7.19. The second kappa shape index (κ2) is 7.19. The minimum atomic E-state index is 1.12. The van der Waals surface area contributed by atoms with Crippen molar-refractivity contribution in [2.45, 2.75) is 26.2 Å². The zero-order chi connectivity index (χ0) is 6.95. The normalized spacial score (nSPS) is 9.44. The van der Waals surface area contributed by atoms with Crippen molar-refractivity contribution < 1.29 is 0 Å². The Morgan fingerprint density at radius 3 is 2.89 bits per heavy atom. The minimum Gasteiger partial charge on any atom is -0.259 e. The summed E-state index contributed by atoms with van der Waals surface area (Å²) in [7, 11) is 0. The summed E-state index contributed by atoms with van der Waals surface area (Å²) in [5.41, 5.74) is 0. The van der Waals surface area contributed by atoms with Crippen molar-refractivity contribution in [1.29, 1.82) is 5.41 Å². The van der Waals surface area contributed by atoms with Crippen LogP contribution in [0.2, 0.25) is 0 Å². The summed E-state index contributed by atoms with van der Waals surface area (Å²) in [5, 5.41) is 6.53. The van der Waals surface area contributed by atoms with Gasteiger partial charge in [-0.15, -0.1) is 0 Å². The van der Waals surface area contributed by atoms with Crippen LogP contribution >= 0.6 is 0 Å². The molecule has 0 amide bonds. The SMILES string of the molecule is CCCCC=CC=C=N. The summed E-state index contributed by atoms with van der Waals surface area (Å²) in [6.07, 6.45) is 9.12. The summed E-state index contributed by atoms with van der Waals surface area (Å²) in [6, 6.07) is 0. The highest BCUT2D eigenvalue weighted by Gasteiger charge is 1.74. The van der Waals surface area contributed by atoms with E-state index in [4.69, 9.17) is 5.41 Å². The third-order valence-corrected chi connectivity index (χ3v) is 1.04. The van der Waals surface area contributed by atoms with Crippen LogP contribution < -0.4 is 0 Å². The number of allylic oxidation sites excluding steroid dienone is 3. The summed E-state index contributed by atoms with van der Waals surface area (Å²) >= 11 is 0. The number of unbranched alkanes of at least 4 members (excludes halogenated alkanes) is 2. The molecule has 0 aromatic rings. The van der Waals surface area contributed by atoms with Crippen LogP contribution in [0.5, 0.6) is 0 Å². The fourth-order valence-corrected chi connectivity index (χ4v) is 0.534. The van der Waals surface area contributed by atoms with Gasteiger partial charge in [-0.2, -0.15) is 0 Å². The van der Waals surface area contributed by atoms with Crippen molar-refractivity contribution >= 4 is 5.87 Å². The van der Waals surface area contributed by atoms with E-state index in [1.54, 1.807) is 6.08 Å². The molecule has 0 unspecified atom stereocenters. The van der Waals surface area contributed by atoms with Crippen molar-refractivity contribution in [2.24, 2.45) is 0 Å². The molecule has 0 radical (unpaired) electrons. The first kappa shape index (κ1) is 8.19. The van der Waals surface area contributed by atoms with Crippen LogP contribution in [0.3, 0.4) is 0 Å². The summed E-state index contributed by atoms with van der Waals surface area (Å²) in [5.74, 6) is 2.18. The third-order valence-electron chi connectivity index (χ3n) is 1.04. The zero-order valence-corrected chi connectivity index (χ0v) is 5.85. The molecule has 9 heavy (non-hydrogen) atoms. The molecule has 0 rings (SSSR count). The van der Waals surface area contributed by atoms with Gasteiger partial charge >= 0.3 is 0 Å². The maximum absolute atomic E-state index is 6.53. The fraction of sp³-hybridized carbons (Fsp3) is 0.500. The second-order valence-electron chi connectivity index (χ2n) is 1.88. The lowest BCUT2D eigenvalue weighted by atomic mass is 10.2. The van der Waals surface area contributed by atoms with Crippen LogP contribution in [-0.4, -0.2) is 5.87 Å². The van der Waals surface area contributed by atoms with E-state index >= 15 is 0 Å². The molecule has 0 spiro atoms. The van der Waals surface area contributed by atoms with Gasteiger partial charge in [-0.05, 0) is 18.4 Å². The van der Waals surface area contributed by atoms with Gasteiger partial charge in [0.2, 0.25) is 0 Å². The van der Waals surface area contributed by atoms with E-state index in [2.05, 4.69) is 18.9 Å². The van der Waals surface area contributed by atoms with Crippen LogP contribution in [0.1, 0.15) is 26.2 Å². The minimum absolute atomic E-state index is 1.12. The number of nitrogens with one attached hydrogen (secondary N) is 1. The molecule has 0 saturated carbocycles. The predicted octanol–water partition coefficient (Wildman–Crippen LogP) is 2.54. The maximum atomic E-state index is 6.53. The smallest absolute Gasteiger partial charge is 0.00134 e. The molecule has 0 fully saturated rings. The molecule has 0 bridgehead atoms. The standard InChI is InChI=1S/C8H13N/c1-2-3-4-5-6-7-8-9/h5-7,9H,2-4H2,1H3. The molecule has 0 saturated heterocycles. The fourth-order valence-electron chi connectivity index (χ4n) is 0.534. The van der Waals surface area contributed by atoms with Crippen molar-refractivity contribution in [1.82, 2.24) is 0 Å². The van der Waals surface area contributed by atoms with Gasteiger partial charge in [0.15, 0.2) is 0 Å². The Kier molecular flexibility index (Phi) is 6.54. The zero-order valence-electron chi connectivity index (χ0n) is 5.85. The van der Waals surface area contributed by atoms with Gasteiger partial charge in [-0.1, -0.05) is 31.9 Å². The molecule has 0 heterocycles. The van der Waals surface area contributed by atoms with E-state index in [1.165, 1.54) is 12.8 Å². The Morgan fingerprint density at radius 1 is 1.56 bits per heavy atom. The highest BCUT2D eigenvalue weighted by Crippen LogP contribution is 1.93. The molecular formula is C8H13N. The first-order valence-corrected chi connectivity index (χ1v) is 3.32. The topological polar surface area (TPSA) is 23.9 Å². The number of hydrogen-bond acceptors (Lipinski definition) is 1. The highest BCUT2D eigenvalue weighted by atomic mass is 14.3. The van der Waals surface area contributed by atoms with Crippen molar-refractivity contribution in [3.05, 3.63) is 18.2 Å². The maximum Gasteiger partial charge on any atom is -0.00134 e. The Labute approximate surface area is 56.6 Å². The van der Waals surface area contributed by atoms with Crippen LogP contribution in [0, 0.1) is 5.41 Å². The van der Waals surface area contributed by atoms with E-state index in [0.29, 0.717) is 0 Å². The van der Waals surface area contributed by atoms with Gasteiger partial charge in [0.05, 0.1) is 0 Å². The molecule has 0 aromatic carbocycles. The van der Waals surface area contributed by atoms with E-state index in [1.807, 2.05) is 6.08 Å². The highest BCUT2D eigenvalue weighted by molar-refractivity contribution is 5.50. The first-order valence-electron chi connectivity index (χ1n) is 3.32. The van der Waals surface area contributed by atoms with Crippen LogP contribution in [0.25, 0.3) is 0 Å². The lowest BCUT2D eigenvalue weighted by Gasteiger charge is -1.84. The molecule has 0 aromatic heterocycles. The molecule has 1 nitrogen and oxygen atoms in total. The van der Waals surface area contributed by atoms with Crippen molar-refractivity contribution in [3.8, 4) is 0 Å². The lowest BCUT2D eigenvalue weighted by Crippen LogP contribution is -1.64. The molecule has 0 aliphatic carbocycles. The average Bonchev–Trinajstić information content (AvgIpc) is 1.89. The first-order chi connectivity index (χ1) is 4.41. The molecule has 1 heteroatoms. The summed E-state index contributed by atoms with van der Waals surface area (Å²) < 4.78 is 0. The Hall–Kier alpha value is -0.810. The Bertz CT molecular complexity index is 119. The van der Waals surface area contributed by atoms with E-state index in [9.17, 15) is 0 Å². The average molecular weight is 123 g/mol. The van der Waals surface area contributed by atoms with Gasteiger partial charge in [0, 0.05) is 0 Å². The Morgan fingerprint density at radius 2 is 2.33 bits per heavy atom. The number of rotatable bonds is 4. The van der Waals surface area contributed by atoms with Crippen LogP contribution in [0.15, 0.2) is 18.2 Å². The molecule has 50 valence electrons. The van der Waals surface area contributed by atoms with Crippen molar-refractivity contribution in [3.63, 3.8) is 0 Å². The van der Waals surface area contributed by atoms with Gasteiger partial charge in [-0.25, -0.2) is 0 Å². The number of hydrogen-bond donors (Lipinski definition) is 1. The van der Waals surface area contributed by atoms with E-state index in [-0.39, 0.29) is 0 Å². The van der Waals surface area contributed by atoms with Gasteiger partial charge in [-0.3, -0.25) is 5.41 Å². The van der Waals surface area contributed by atoms with E-state index in [0.717, 1.165) is 6.42 Å². The van der Waals surface area contributed by atoms with E-state index < -0.39 is 0 Å². The largest absolute Gasteiger partial charge is 0.259 e. The molecule has 0 aliphatic rings. The molecule has 1 N–H and O–H groups in total. The predicted molar refractivity (Wildman–Crippen MR) is 41.0 cm³/mol. The van der Waals surface area contributed by atoms with Gasteiger partial charge < -0.3 is 0 Å². The molecule has 0 aliphatic heterocycles. The summed E-state index contributed by atoms with van der Waals surface area (Å²) in [6.45, 7) is 2.17. The monoisotopic (exact) mass is 123 g/mol. The molecular weight excluding hydrogens is 110 g/mol. The van der Waals surface area contributed by atoms with Crippen LogP contribution in [0.4, 0.5) is 0 Å². The van der Waals surface area contributed by atoms with Crippen LogP contribution in [-0.2, 0) is 0 Å². The quantitative estimate of drug-likeness (QED) is 0.337. The van der Waals surface area contributed by atoms with Gasteiger partial charge in [0.25, 0.3) is 0 Å². The molecule has 0 atom stereocenters. The van der Waals surface area contributed by atoms with Gasteiger partial charge in [0.1, 0.15) is 0 Å². The van der Waals surface area contributed by atoms with Crippen molar-refractivity contribution in [2.75, 3.05) is 0 Å².